The van der Waals surface area contributed by atoms with Crippen LogP contribution in [-0.4, -0.2) is 21.2 Å². The Bertz CT molecular complexity index is 1500. The van der Waals surface area contributed by atoms with Gasteiger partial charge in [0.2, 0.25) is 5.69 Å². The Kier molecular flexibility index (Phi) is 5.40. The fourth-order valence-electron chi connectivity index (χ4n) is 3.50. The first kappa shape index (κ1) is 21.8. The van der Waals surface area contributed by atoms with Gasteiger partial charge in [-0.05, 0) is 50.4 Å². The van der Waals surface area contributed by atoms with Crippen LogP contribution in [0, 0.1) is 13.5 Å². The summed E-state index contributed by atoms with van der Waals surface area (Å²) in [6.45, 7) is 8.74. The highest BCUT2D eigenvalue weighted by Gasteiger charge is 2.34. The van der Waals surface area contributed by atoms with E-state index in [0.717, 1.165) is 4.57 Å². The number of benzene rings is 2. The number of pyridine rings is 1. The van der Waals surface area contributed by atoms with E-state index in [4.69, 9.17) is 6.57 Å². The van der Waals surface area contributed by atoms with Crippen molar-refractivity contribution in [1.82, 2.24) is 4.57 Å². The summed E-state index contributed by atoms with van der Waals surface area (Å²) >= 11 is 6.71. The molecule has 1 aliphatic carbocycles. The van der Waals surface area contributed by atoms with Crippen molar-refractivity contribution >= 4 is 60.5 Å². The molecule has 0 radical (unpaired) electrons. The maximum atomic E-state index is 13.3. The lowest BCUT2D eigenvalue weighted by atomic mass is 9.83. The van der Waals surface area contributed by atoms with Crippen LogP contribution in [0.4, 0.5) is 17.1 Å². The standard InChI is InChI=1S/C22H12Br2N4O4/c1-9-16(25-2)21(31)28(3)22(32)17(9)26-27-18-13(24)8-12(23)14-15(18)20(30)11-7-5-4-6-10(11)19(14)29/h4-8,31H,1,3H3. The van der Waals surface area contributed by atoms with E-state index in [1.165, 1.54) is 14.0 Å². The molecule has 1 aromatic heterocycles. The quantitative estimate of drug-likeness (QED) is 0.254. The van der Waals surface area contributed by atoms with Crippen LogP contribution < -0.4 is 5.56 Å². The summed E-state index contributed by atoms with van der Waals surface area (Å²) in [5.74, 6) is -1.21. The zero-order valence-corrected chi connectivity index (χ0v) is 19.8. The summed E-state index contributed by atoms with van der Waals surface area (Å²) in [6, 6.07) is 8.08. The first-order valence-electron chi connectivity index (χ1n) is 9.11. The Morgan fingerprint density at radius 3 is 2.12 bits per heavy atom. The molecule has 2 aromatic carbocycles. The van der Waals surface area contributed by atoms with Gasteiger partial charge in [-0.2, -0.15) is 0 Å². The Hall–Kier alpha value is -3.42. The van der Waals surface area contributed by atoms with E-state index in [-0.39, 0.29) is 45.1 Å². The molecule has 32 heavy (non-hydrogen) atoms. The van der Waals surface area contributed by atoms with Gasteiger partial charge in [0.25, 0.3) is 5.56 Å². The third kappa shape index (κ3) is 3.13. The maximum Gasteiger partial charge on any atom is 0.278 e. The molecule has 0 fully saturated rings. The Balaban J connectivity index is 1.98. The number of carbonyl (C=O) groups is 2. The predicted octanol–water partition coefficient (Wildman–Crippen LogP) is 5.67. The molecule has 4 rings (SSSR count). The minimum absolute atomic E-state index is 0.0531. The summed E-state index contributed by atoms with van der Waals surface area (Å²) < 4.78 is 1.69. The van der Waals surface area contributed by atoms with Crippen LogP contribution >= 0.6 is 31.9 Å². The number of nitrogens with zero attached hydrogens (tertiary/aromatic N) is 4. The summed E-state index contributed by atoms with van der Waals surface area (Å²) in [5, 5.41) is 18.2. The third-order valence-corrected chi connectivity index (χ3v) is 6.41. The molecule has 0 saturated heterocycles. The minimum atomic E-state index is -0.661. The number of hydrogen-bond donors (Lipinski definition) is 1. The van der Waals surface area contributed by atoms with E-state index in [2.05, 4.69) is 46.9 Å². The first-order chi connectivity index (χ1) is 15.2. The van der Waals surface area contributed by atoms with Crippen LogP contribution in [-0.2, 0) is 7.05 Å². The normalized spacial score (nSPS) is 12.6. The van der Waals surface area contributed by atoms with E-state index >= 15 is 0 Å². The lowest BCUT2D eigenvalue weighted by Crippen LogP contribution is -2.21. The van der Waals surface area contributed by atoms with Crippen molar-refractivity contribution in [2.45, 2.75) is 6.92 Å². The van der Waals surface area contributed by atoms with Crippen molar-refractivity contribution in [3.05, 3.63) is 88.9 Å². The van der Waals surface area contributed by atoms with Crippen molar-refractivity contribution < 1.29 is 14.7 Å². The zero-order valence-electron chi connectivity index (χ0n) is 16.6. The predicted molar refractivity (Wildman–Crippen MR) is 124 cm³/mol. The Morgan fingerprint density at radius 2 is 1.53 bits per heavy atom. The van der Waals surface area contributed by atoms with E-state index < -0.39 is 17.2 Å². The van der Waals surface area contributed by atoms with Crippen LogP contribution in [0.5, 0.6) is 5.88 Å². The Labute approximate surface area is 198 Å². The lowest BCUT2D eigenvalue weighted by Gasteiger charge is -2.20. The smallest absolute Gasteiger partial charge is 0.278 e. The van der Waals surface area contributed by atoms with Gasteiger partial charge in [-0.3, -0.25) is 19.0 Å². The highest BCUT2D eigenvalue weighted by atomic mass is 79.9. The maximum absolute atomic E-state index is 13.3. The number of azo groups is 1. The van der Waals surface area contributed by atoms with E-state index in [0.29, 0.717) is 14.5 Å². The molecular formula is C22H12Br2N4O4. The highest BCUT2D eigenvalue weighted by molar-refractivity contribution is 9.11. The van der Waals surface area contributed by atoms with Crippen LogP contribution in [0.25, 0.3) is 4.85 Å². The number of halogens is 2. The molecule has 10 heteroatoms. The average Bonchev–Trinajstić information content (AvgIpc) is 2.77. The van der Waals surface area contributed by atoms with Gasteiger partial charge < -0.3 is 5.11 Å². The minimum Gasteiger partial charge on any atom is -0.503 e. The molecule has 158 valence electrons. The number of aromatic hydroxyl groups is 1. The number of ketones is 2. The van der Waals surface area contributed by atoms with Crippen LogP contribution in [0.15, 0.2) is 54.3 Å². The third-order valence-electron chi connectivity index (χ3n) is 5.18. The molecule has 1 heterocycles. The zero-order chi connectivity index (χ0) is 23.3. The monoisotopic (exact) mass is 554 g/mol. The van der Waals surface area contributed by atoms with Crippen LogP contribution in [0.3, 0.4) is 0 Å². The van der Waals surface area contributed by atoms with Gasteiger partial charge in [0.1, 0.15) is 11.4 Å². The average molecular weight is 556 g/mol. The van der Waals surface area contributed by atoms with Gasteiger partial charge in [-0.25, -0.2) is 4.85 Å². The topological polar surface area (TPSA) is 105 Å². The molecule has 8 nitrogen and oxygen atoms in total. The molecule has 0 unspecified atom stereocenters. The van der Waals surface area contributed by atoms with E-state index in [1.54, 1.807) is 30.3 Å². The fraction of sp³-hybridized carbons (Fsp3) is 0.0909. The van der Waals surface area contributed by atoms with Crippen molar-refractivity contribution in [2.75, 3.05) is 0 Å². The Morgan fingerprint density at radius 1 is 0.969 bits per heavy atom. The summed E-state index contributed by atoms with van der Waals surface area (Å²) in [6.07, 6.45) is 0. The highest BCUT2D eigenvalue weighted by Crippen LogP contribution is 2.43. The summed E-state index contributed by atoms with van der Waals surface area (Å²) in [7, 11) is 1.31. The van der Waals surface area contributed by atoms with Crippen molar-refractivity contribution in [1.29, 1.82) is 0 Å². The van der Waals surface area contributed by atoms with Crippen molar-refractivity contribution in [2.24, 2.45) is 17.3 Å². The molecule has 0 saturated carbocycles. The molecule has 0 amide bonds. The lowest BCUT2D eigenvalue weighted by molar-refractivity contribution is 0.0979. The molecule has 0 atom stereocenters. The second-order valence-electron chi connectivity index (χ2n) is 6.96. The van der Waals surface area contributed by atoms with Gasteiger partial charge in [-0.15, -0.1) is 10.2 Å². The van der Waals surface area contributed by atoms with Gasteiger partial charge in [0.15, 0.2) is 17.4 Å². The molecule has 0 spiro atoms. The van der Waals surface area contributed by atoms with Crippen molar-refractivity contribution in [3.8, 4) is 5.88 Å². The largest absolute Gasteiger partial charge is 0.503 e. The van der Waals surface area contributed by atoms with E-state index in [9.17, 15) is 19.5 Å². The van der Waals surface area contributed by atoms with Crippen molar-refractivity contribution in [3.63, 3.8) is 0 Å². The molecule has 1 aliphatic rings. The SMILES string of the molecule is [C-]#[N+]c1c(C)c(N=Nc2c(Br)cc(Br)c3c2C(=O)c2ccccc2C3=O)c(=O)n(C)c1O. The molecular weight excluding hydrogens is 544 g/mol. The number of hydrogen-bond acceptors (Lipinski definition) is 6. The number of rotatable bonds is 2. The number of fused-ring (bicyclic) bond motifs is 2. The summed E-state index contributed by atoms with van der Waals surface area (Å²) in [5.41, 5.74) is 0.0350. The van der Waals surface area contributed by atoms with Crippen LogP contribution in [0.1, 0.15) is 37.4 Å². The fourth-order valence-corrected chi connectivity index (χ4v) is 4.92. The molecule has 1 N–H and O–H groups in total. The summed E-state index contributed by atoms with van der Waals surface area (Å²) in [4.78, 5) is 42.3. The molecule has 3 aromatic rings. The molecule has 0 aliphatic heterocycles. The second kappa shape index (κ2) is 7.93. The number of carbonyl (C=O) groups excluding carboxylic acids is 2. The molecule has 0 bridgehead atoms. The second-order valence-corrected chi connectivity index (χ2v) is 8.67. The first-order valence-corrected chi connectivity index (χ1v) is 10.7. The van der Waals surface area contributed by atoms with E-state index in [1.807, 2.05) is 0 Å². The van der Waals surface area contributed by atoms with Gasteiger partial charge in [0, 0.05) is 27.1 Å². The van der Waals surface area contributed by atoms with Gasteiger partial charge in [0.05, 0.1) is 17.7 Å². The van der Waals surface area contributed by atoms with Gasteiger partial charge in [-0.1, -0.05) is 24.3 Å². The van der Waals surface area contributed by atoms with Gasteiger partial charge >= 0.3 is 0 Å². The van der Waals surface area contributed by atoms with Crippen LogP contribution in [0.2, 0.25) is 0 Å². The number of aromatic nitrogens is 1.